The van der Waals surface area contributed by atoms with E-state index in [1.165, 1.54) is 34.1 Å². The molecule has 0 radical (unpaired) electrons. The Labute approximate surface area is 411 Å². The molecule has 3 N–H and O–H groups in total. The SMILES string of the molecule is COC[C@@H]1NC(=O)[C@H](C)N(Cc2ccc(Cl)cc2Oc2ccc(-c3ccc(C(=O)O)nc3)cc2)C(=O)C[C@@H](Cc2ccccc2)C(=O)N(C)[C@@H](C)CNC(=O)C[C@H](Cc2ccc(Cl)cc2)N(C)C1=O. The van der Waals surface area contributed by atoms with Crippen molar-refractivity contribution in [3.05, 3.63) is 148 Å². The number of methoxy groups -OCH3 is 1. The van der Waals surface area contributed by atoms with Gasteiger partial charge in [-0.15, -0.1) is 0 Å². The van der Waals surface area contributed by atoms with Crippen molar-refractivity contribution in [1.29, 1.82) is 0 Å². The number of aromatic carboxylic acids is 1. The maximum absolute atomic E-state index is 15.0. The van der Waals surface area contributed by atoms with E-state index in [0.717, 1.165) is 16.7 Å². The molecule has 5 atom stereocenters. The number of halogens is 2. The van der Waals surface area contributed by atoms with Crippen LogP contribution < -0.4 is 15.4 Å². The summed E-state index contributed by atoms with van der Waals surface area (Å²) < 4.78 is 11.8. The lowest BCUT2D eigenvalue weighted by molar-refractivity contribution is -0.147. The summed E-state index contributed by atoms with van der Waals surface area (Å²) in [6.07, 6.45) is 1.57. The quantitative estimate of drug-likeness (QED) is 0.117. The van der Waals surface area contributed by atoms with E-state index in [1.54, 1.807) is 88.6 Å². The van der Waals surface area contributed by atoms with Crippen molar-refractivity contribution in [2.24, 2.45) is 5.92 Å². The van der Waals surface area contributed by atoms with Gasteiger partial charge < -0.3 is 39.9 Å². The van der Waals surface area contributed by atoms with Crippen LogP contribution in [0.1, 0.15) is 53.9 Å². The van der Waals surface area contributed by atoms with Gasteiger partial charge in [0.25, 0.3) is 0 Å². The molecular formula is C52H56Cl2N6O9. The number of pyridine rings is 1. The second kappa shape index (κ2) is 24.0. The summed E-state index contributed by atoms with van der Waals surface area (Å²) in [6, 6.07) is 27.8. The Bertz CT molecular complexity index is 2600. The van der Waals surface area contributed by atoms with E-state index in [9.17, 15) is 33.9 Å². The molecule has 362 valence electrons. The predicted molar refractivity (Wildman–Crippen MR) is 262 cm³/mol. The molecule has 0 bridgehead atoms. The zero-order valence-corrected chi connectivity index (χ0v) is 40.6. The standard InChI is InChI=1S/C52H56Cl2N6O9/c1-32-28-56-47(61)27-42(24-35-11-17-40(53)18-12-35)59(4)51(65)45(31-68-5)57-49(63)33(2)60(48(62)25-39(50(64)58(32)3)23-34-9-7-6-8-10-34)30-38-13-19-41(54)26-46(38)69-43-20-14-36(15-21-43)37-16-22-44(52(66)67)55-29-37/h6-22,26,29,32-33,39,42,45H,23-25,27-28,30-31H2,1-5H3,(H,56,61)(H,57,63)(H,66,67)/t32-,33-,39+,42-,45-/m0/s1. The van der Waals surface area contributed by atoms with Crippen molar-refractivity contribution in [3.63, 3.8) is 0 Å². The van der Waals surface area contributed by atoms with E-state index >= 15 is 0 Å². The summed E-state index contributed by atoms with van der Waals surface area (Å²) in [5.74, 6) is -3.70. The highest BCUT2D eigenvalue weighted by atomic mass is 35.5. The molecule has 0 aliphatic carbocycles. The molecule has 17 heteroatoms. The van der Waals surface area contributed by atoms with Crippen molar-refractivity contribution in [2.75, 3.05) is 34.4 Å². The van der Waals surface area contributed by atoms with E-state index in [4.69, 9.17) is 32.7 Å². The van der Waals surface area contributed by atoms with Gasteiger partial charge in [-0.3, -0.25) is 24.0 Å². The van der Waals surface area contributed by atoms with Crippen LogP contribution in [0.15, 0.2) is 115 Å². The fourth-order valence-corrected chi connectivity index (χ4v) is 8.30. The van der Waals surface area contributed by atoms with Crippen molar-refractivity contribution in [3.8, 4) is 22.6 Å². The highest BCUT2D eigenvalue weighted by Crippen LogP contribution is 2.32. The Morgan fingerprint density at radius 1 is 0.783 bits per heavy atom. The number of aromatic nitrogens is 1. The fraction of sp³-hybridized carbons (Fsp3) is 0.327. The molecule has 5 amide bonds. The number of benzene rings is 4. The number of carboxylic acid groups (broad SMARTS) is 1. The van der Waals surface area contributed by atoms with Crippen LogP contribution in [0.5, 0.6) is 11.5 Å². The van der Waals surface area contributed by atoms with Gasteiger partial charge in [0.05, 0.1) is 19.1 Å². The number of carboxylic acids is 1. The Morgan fingerprint density at radius 2 is 1.45 bits per heavy atom. The molecule has 1 aliphatic heterocycles. The van der Waals surface area contributed by atoms with E-state index in [2.05, 4.69) is 15.6 Å². The summed E-state index contributed by atoms with van der Waals surface area (Å²) in [4.78, 5) is 91.8. The van der Waals surface area contributed by atoms with E-state index in [-0.39, 0.29) is 68.6 Å². The molecular weight excluding hydrogens is 924 g/mol. The topological polar surface area (TPSA) is 188 Å². The molecule has 69 heavy (non-hydrogen) atoms. The first-order valence-electron chi connectivity index (χ1n) is 22.4. The Morgan fingerprint density at radius 3 is 2.10 bits per heavy atom. The summed E-state index contributed by atoms with van der Waals surface area (Å²) in [7, 11) is 4.60. The van der Waals surface area contributed by atoms with Crippen molar-refractivity contribution in [1.82, 2.24) is 30.3 Å². The molecule has 5 aromatic rings. The van der Waals surface area contributed by atoms with Crippen molar-refractivity contribution >= 4 is 58.7 Å². The minimum Gasteiger partial charge on any atom is -0.477 e. The molecule has 1 saturated heterocycles. The third-order valence-corrected chi connectivity index (χ3v) is 12.8. The van der Waals surface area contributed by atoms with Crippen LogP contribution >= 0.6 is 23.2 Å². The number of carbonyl (C=O) groups is 6. The van der Waals surface area contributed by atoms with Crippen LogP contribution in [0.4, 0.5) is 0 Å². The molecule has 0 saturated carbocycles. The lowest BCUT2D eigenvalue weighted by atomic mass is 9.93. The number of carbonyl (C=O) groups excluding carboxylic acids is 5. The number of hydrogen-bond acceptors (Lipinski definition) is 9. The maximum atomic E-state index is 15.0. The van der Waals surface area contributed by atoms with Gasteiger partial charge in [0.2, 0.25) is 29.5 Å². The number of ether oxygens (including phenoxy) is 2. The average molecular weight is 980 g/mol. The van der Waals surface area contributed by atoms with Crippen LogP contribution in [0, 0.1) is 5.92 Å². The lowest BCUT2D eigenvalue weighted by Gasteiger charge is -2.35. The summed E-state index contributed by atoms with van der Waals surface area (Å²) >= 11 is 12.7. The summed E-state index contributed by atoms with van der Waals surface area (Å²) in [5.41, 5.74) is 3.49. The van der Waals surface area contributed by atoms with Crippen LogP contribution in [0.3, 0.4) is 0 Å². The lowest BCUT2D eigenvalue weighted by Crippen LogP contribution is -2.57. The Balaban J connectivity index is 1.36. The van der Waals surface area contributed by atoms with Gasteiger partial charge >= 0.3 is 5.97 Å². The average Bonchev–Trinajstić information content (AvgIpc) is 3.34. The first-order chi connectivity index (χ1) is 33.0. The highest BCUT2D eigenvalue weighted by Gasteiger charge is 2.36. The van der Waals surface area contributed by atoms with Crippen LogP contribution in [-0.4, -0.2) is 119 Å². The number of nitrogens with zero attached hydrogens (tertiary/aromatic N) is 4. The number of amides is 5. The molecule has 1 fully saturated rings. The van der Waals surface area contributed by atoms with Crippen LogP contribution in [0.2, 0.25) is 10.0 Å². The number of rotatable bonds is 12. The molecule has 6 rings (SSSR count). The first kappa shape index (κ1) is 51.6. The second-order valence-corrected chi connectivity index (χ2v) is 18.0. The molecule has 0 spiro atoms. The molecule has 15 nitrogen and oxygen atoms in total. The molecule has 2 heterocycles. The van der Waals surface area contributed by atoms with Crippen LogP contribution in [-0.2, 0) is 48.1 Å². The van der Waals surface area contributed by atoms with Gasteiger partial charge in [0.1, 0.15) is 29.3 Å². The van der Waals surface area contributed by atoms with Gasteiger partial charge in [-0.1, -0.05) is 89.9 Å². The second-order valence-electron chi connectivity index (χ2n) is 17.2. The highest BCUT2D eigenvalue weighted by molar-refractivity contribution is 6.31. The van der Waals surface area contributed by atoms with Gasteiger partial charge in [-0.2, -0.15) is 0 Å². The van der Waals surface area contributed by atoms with Crippen molar-refractivity contribution in [2.45, 2.75) is 70.2 Å². The normalized spacial score (nSPS) is 20.2. The van der Waals surface area contributed by atoms with Crippen LogP contribution in [0.25, 0.3) is 11.1 Å². The predicted octanol–water partition coefficient (Wildman–Crippen LogP) is 7.08. The number of nitrogens with one attached hydrogen (secondary N) is 2. The van der Waals surface area contributed by atoms with Gasteiger partial charge in [-0.05, 0) is 85.8 Å². The first-order valence-corrected chi connectivity index (χ1v) is 23.2. The minimum absolute atomic E-state index is 0.0795. The van der Waals surface area contributed by atoms with Gasteiger partial charge in [0.15, 0.2) is 0 Å². The third kappa shape index (κ3) is 13.9. The number of hydrogen-bond donors (Lipinski definition) is 3. The Kier molecular flexibility index (Phi) is 17.9. The number of likely N-dealkylation sites (N-methyl/N-ethyl adjacent to an activating group) is 2. The Hall–Kier alpha value is -6.81. The third-order valence-electron chi connectivity index (χ3n) is 12.3. The van der Waals surface area contributed by atoms with Gasteiger partial charge in [0, 0.05) is 80.0 Å². The van der Waals surface area contributed by atoms with E-state index in [1.807, 2.05) is 42.5 Å². The zero-order chi connectivity index (χ0) is 49.8. The summed E-state index contributed by atoms with van der Waals surface area (Å²) in [6.45, 7) is 3.06. The smallest absolute Gasteiger partial charge is 0.354 e. The largest absolute Gasteiger partial charge is 0.477 e. The molecule has 4 aromatic carbocycles. The maximum Gasteiger partial charge on any atom is 0.354 e. The molecule has 1 aromatic heterocycles. The van der Waals surface area contributed by atoms with E-state index < -0.39 is 53.8 Å². The molecule has 1 aliphatic rings. The molecule has 0 unspecified atom stereocenters. The summed E-state index contributed by atoms with van der Waals surface area (Å²) in [5, 5.41) is 15.9. The van der Waals surface area contributed by atoms with E-state index in [0.29, 0.717) is 26.9 Å². The monoisotopic (exact) mass is 978 g/mol. The zero-order valence-electron chi connectivity index (χ0n) is 39.1. The fourth-order valence-electron chi connectivity index (χ4n) is 8.02. The minimum atomic E-state index is -1.22. The van der Waals surface area contributed by atoms with Gasteiger partial charge in [-0.25, -0.2) is 9.78 Å². The van der Waals surface area contributed by atoms with Crippen molar-refractivity contribution < 1.29 is 43.3 Å².